The van der Waals surface area contributed by atoms with Gasteiger partial charge >= 0.3 is 0 Å². The Kier molecular flexibility index (Phi) is 8.70. The fourth-order valence-corrected chi connectivity index (χ4v) is 3.44. The van der Waals surface area contributed by atoms with Gasteiger partial charge in [-0.2, -0.15) is 0 Å². The van der Waals surface area contributed by atoms with Crippen LogP contribution in [0.2, 0.25) is 0 Å². The number of nitrogens with two attached hydrogens (primary N) is 2. The van der Waals surface area contributed by atoms with E-state index in [9.17, 15) is 9.59 Å². The molecule has 1 aromatic heterocycles. The number of carbonyl (C=O) groups excluding carboxylic acids is 2. The molecule has 1 aromatic carbocycles. The van der Waals surface area contributed by atoms with Crippen LogP contribution in [-0.4, -0.2) is 22.8 Å². The van der Waals surface area contributed by atoms with Crippen LogP contribution < -0.4 is 22.1 Å². The number of nitrogens with zero attached hydrogens (tertiary/aromatic N) is 1. The molecule has 27 heavy (non-hydrogen) atoms. The number of aryl methyl sites for hydroxylation is 3. The van der Waals surface area contributed by atoms with Gasteiger partial charge in [0, 0.05) is 23.9 Å². The van der Waals surface area contributed by atoms with Crippen molar-refractivity contribution >= 4 is 52.3 Å². The monoisotopic (exact) mass is 410 g/mol. The van der Waals surface area contributed by atoms with Crippen LogP contribution in [0.3, 0.4) is 0 Å². The van der Waals surface area contributed by atoms with Crippen molar-refractivity contribution < 1.29 is 9.59 Å². The lowest BCUT2D eigenvalue weighted by atomic mass is 10.1. The first kappa shape index (κ1) is 22.4. The lowest BCUT2D eigenvalue weighted by Gasteiger charge is -2.06. The molecule has 7 N–H and O–H groups in total. The van der Waals surface area contributed by atoms with Crippen LogP contribution in [0.15, 0.2) is 24.3 Å². The van der Waals surface area contributed by atoms with Crippen LogP contribution in [-0.2, 0) is 28.9 Å². The Hall–Kier alpha value is -2.65. The number of aromatic nitrogens is 1. The Labute approximate surface area is 167 Å². The number of anilines is 2. The maximum absolute atomic E-state index is 11.2. The van der Waals surface area contributed by atoms with Gasteiger partial charge in [0.25, 0.3) is 0 Å². The van der Waals surface area contributed by atoms with E-state index in [0.717, 1.165) is 28.2 Å². The van der Waals surface area contributed by atoms with Gasteiger partial charge in [0.05, 0.1) is 5.69 Å². The standard InChI is InChI=1S/C17H22N6O2S.ClH/c1-10(24)21-17-23-13(14(26-17)8-9-15(18)25)7-4-11-2-5-12(6-3-11)22-16(19)20;/h2-3,5-6H,4,7-9H2,1H3,(H2,18,25)(H4,19,20,22)(H,21,23,24);1H. The molecule has 10 heteroatoms. The van der Waals surface area contributed by atoms with Gasteiger partial charge < -0.3 is 22.1 Å². The van der Waals surface area contributed by atoms with Crippen molar-refractivity contribution in [3.05, 3.63) is 40.4 Å². The maximum atomic E-state index is 11.2. The quantitative estimate of drug-likeness (QED) is 0.333. The maximum Gasteiger partial charge on any atom is 0.223 e. The zero-order chi connectivity index (χ0) is 19.1. The van der Waals surface area contributed by atoms with Crippen molar-refractivity contribution in [3.8, 4) is 0 Å². The molecule has 0 unspecified atom stereocenters. The fourth-order valence-electron chi connectivity index (χ4n) is 2.39. The highest BCUT2D eigenvalue weighted by Crippen LogP contribution is 2.26. The summed E-state index contributed by atoms with van der Waals surface area (Å²) in [6.07, 6.45) is 2.21. The highest BCUT2D eigenvalue weighted by atomic mass is 35.5. The van der Waals surface area contributed by atoms with Crippen molar-refractivity contribution in [2.75, 3.05) is 10.6 Å². The van der Waals surface area contributed by atoms with Gasteiger partial charge in [-0.3, -0.25) is 15.0 Å². The number of primary amides is 1. The van der Waals surface area contributed by atoms with Crippen molar-refractivity contribution in [1.82, 2.24) is 4.98 Å². The smallest absolute Gasteiger partial charge is 0.223 e. The number of hydrogen-bond acceptors (Lipinski definition) is 5. The minimum absolute atomic E-state index is 0. The van der Waals surface area contributed by atoms with Crippen LogP contribution in [0, 0.1) is 5.41 Å². The molecule has 0 spiro atoms. The molecule has 0 aliphatic rings. The number of amides is 2. The number of hydrogen-bond donors (Lipinski definition) is 5. The van der Waals surface area contributed by atoms with Crippen molar-refractivity contribution in [3.63, 3.8) is 0 Å². The van der Waals surface area contributed by atoms with E-state index in [1.54, 1.807) is 0 Å². The number of benzene rings is 1. The molecule has 0 radical (unpaired) electrons. The Morgan fingerprint density at radius 3 is 2.33 bits per heavy atom. The Morgan fingerprint density at radius 1 is 1.11 bits per heavy atom. The van der Waals surface area contributed by atoms with E-state index in [2.05, 4.69) is 15.6 Å². The predicted molar refractivity (Wildman–Crippen MR) is 111 cm³/mol. The Morgan fingerprint density at radius 2 is 1.78 bits per heavy atom. The van der Waals surface area contributed by atoms with E-state index in [0.29, 0.717) is 18.0 Å². The fraction of sp³-hybridized carbons (Fsp3) is 0.294. The third-order valence-electron chi connectivity index (χ3n) is 3.54. The number of rotatable bonds is 8. The average Bonchev–Trinajstić information content (AvgIpc) is 2.92. The summed E-state index contributed by atoms with van der Waals surface area (Å²) in [7, 11) is 0. The minimum Gasteiger partial charge on any atom is -0.370 e. The number of guanidine groups is 1. The largest absolute Gasteiger partial charge is 0.370 e. The highest BCUT2D eigenvalue weighted by molar-refractivity contribution is 7.15. The Balaban J connectivity index is 0.00000364. The van der Waals surface area contributed by atoms with E-state index in [4.69, 9.17) is 16.9 Å². The van der Waals surface area contributed by atoms with E-state index in [-0.39, 0.29) is 36.6 Å². The van der Waals surface area contributed by atoms with Gasteiger partial charge in [0.2, 0.25) is 11.8 Å². The molecule has 0 aliphatic heterocycles. The molecule has 8 nitrogen and oxygen atoms in total. The highest BCUT2D eigenvalue weighted by Gasteiger charge is 2.13. The zero-order valence-corrected chi connectivity index (χ0v) is 16.5. The molecule has 2 aromatic rings. The molecular weight excluding hydrogens is 388 g/mol. The lowest BCUT2D eigenvalue weighted by Crippen LogP contribution is -2.20. The van der Waals surface area contributed by atoms with Crippen molar-refractivity contribution in [2.24, 2.45) is 11.5 Å². The summed E-state index contributed by atoms with van der Waals surface area (Å²) in [5, 5.41) is 13.2. The van der Waals surface area contributed by atoms with Crippen molar-refractivity contribution in [1.29, 1.82) is 5.41 Å². The first-order valence-corrected chi connectivity index (χ1v) is 8.89. The van der Waals surface area contributed by atoms with E-state index in [1.165, 1.54) is 18.3 Å². The summed E-state index contributed by atoms with van der Waals surface area (Å²) in [5.41, 5.74) is 13.3. The molecule has 2 amide bonds. The van der Waals surface area contributed by atoms with Crippen molar-refractivity contribution in [2.45, 2.75) is 32.6 Å². The first-order valence-electron chi connectivity index (χ1n) is 8.08. The molecule has 146 valence electrons. The molecule has 2 rings (SSSR count). The van der Waals surface area contributed by atoms with Gasteiger partial charge in [0.1, 0.15) is 0 Å². The van der Waals surface area contributed by atoms with E-state index < -0.39 is 0 Å². The molecule has 1 heterocycles. The molecule has 0 atom stereocenters. The summed E-state index contributed by atoms with van der Waals surface area (Å²) >= 11 is 1.38. The number of halogens is 1. The van der Waals surface area contributed by atoms with Crippen LogP contribution in [0.5, 0.6) is 0 Å². The predicted octanol–water partition coefficient (Wildman–Crippen LogP) is 2.03. The van der Waals surface area contributed by atoms with Gasteiger partial charge in [-0.15, -0.1) is 23.7 Å². The first-order chi connectivity index (χ1) is 12.3. The zero-order valence-electron chi connectivity index (χ0n) is 14.9. The second-order valence-electron chi connectivity index (χ2n) is 5.77. The minimum atomic E-state index is -0.362. The van der Waals surface area contributed by atoms with Crippen LogP contribution in [0.4, 0.5) is 10.8 Å². The van der Waals surface area contributed by atoms with Crippen LogP contribution in [0.25, 0.3) is 0 Å². The van der Waals surface area contributed by atoms with Gasteiger partial charge in [-0.05, 0) is 37.0 Å². The molecular formula is C17H23ClN6O2S. The number of carbonyl (C=O) groups is 2. The average molecular weight is 411 g/mol. The van der Waals surface area contributed by atoms with Gasteiger partial charge in [-0.25, -0.2) is 4.98 Å². The van der Waals surface area contributed by atoms with E-state index in [1.807, 2.05) is 24.3 Å². The summed E-state index contributed by atoms with van der Waals surface area (Å²) < 4.78 is 0. The number of thiazole rings is 1. The molecule has 0 saturated heterocycles. The second-order valence-corrected chi connectivity index (χ2v) is 6.86. The molecule has 0 aliphatic carbocycles. The lowest BCUT2D eigenvalue weighted by molar-refractivity contribution is -0.118. The SMILES string of the molecule is CC(=O)Nc1nc(CCc2ccc(NC(=N)N)cc2)c(CCC(N)=O)s1.Cl. The third-order valence-corrected chi connectivity index (χ3v) is 4.62. The summed E-state index contributed by atoms with van der Waals surface area (Å²) in [6.45, 7) is 1.43. The van der Waals surface area contributed by atoms with Gasteiger partial charge in [-0.1, -0.05) is 12.1 Å². The summed E-state index contributed by atoms with van der Waals surface area (Å²) in [5.74, 6) is -0.649. The topological polar surface area (TPSA) is 147 Å². The summed E-state index contributed by atoms with van der Waals surface area (Å²) in [4.78, 5) is 27.7. The van der Waals surface area contributed by atoms with Crippen LogP contribution >= 0.6 is 23.7 Å². The van der Waals surface area contributed by atoms with E-state index >= 15 is 0 Å². The second kappa shape index (κ2) is 10.5. The van der Waals surface area contributed by atoms with Gasteiger partial charge in [0.15, 0.2) is 11.1 Å². The summed E-state index contributed by atoms with van der Waals surface area (Å²) in [6, 6.07) is 7.62. The van der Waals surface area contributed by atoms with Crippen LogP contribution in [0.1, 0.15) is 29.5 Å². The molecule has 0 saturated carbocycles. The molecule has 0 fully saturated rings. The normalized spacial score (nSPS) is 9.96. The Bertz CT molecular complexity index is 806. The number of nitrogens with one attached hydrogen (secondary N) is 3. The third kappa shape index (κ3) is 7.63. The molecule has 0 bridgehead atoms.